The summed E-state index contributed by atoms with van der Waals surface area (Å²) in [5.74, 6) is 1.77. The Labute approximate surface area is 228 Å². The molecular weight excluding hydrogens is 494 g/mol. The Morgan fingerprint density at radius 1 is 0.795 bits per heavy atom. The van der Waals surface area contributed by atoms with E-state index in [0.29, 0.717) is 42.3 Å². The highest BCUT2D eigenvalue weighted by Crippen LogP contribution is 2.50. The zero-order chi connectivity index (χ0) is 27.5. The molecule has 7 nitrogen and oxygen atoms in total. The van der Waals surface area contributed by atoms with E-state index in [-0.39, 0.29) is 24.0 Å². The number of hydrogen-bond acceptors (Lipinski definition) is 6. The molecule has 0 aromatic heterocycles. The summed E-state index contributed by atoms with van der Waals surface area (Å²) >= 11 is 0. The summed E-state index contributed by atoms with van der Waals surface area (Å²) in [5, 5.41) is 0. The van der Waals surface area contributed by atoms with Crippen LogP contribution >= 0.6 is 0 Å². The van der Waals surface area contributed by atoms with Gasteiger partial charge >= 0.3 is 0 Å². The summed E-state index contributed by atoms with van der Waals surface area (Å²) in [6, 6.07) is 21.1. The van der Waals surface area contributed by atoms with Gasteiger partial charge in [-0.1, -0.05) is 30.3 Å². The maximum Gasteiger partial charge on any atom is 0.232 e. The number of anilines is 1. The van der Waals surface area contributed by atoms with Crippen LogP contribution in [0, 0.1) is 0 Å². The van der Waals surface area contributed by atoms with Gasteiger partial charge in [0.05, 0.1) is 27.9 Å². The van der Waals surface area contributed by atoms with Crippen LogP contribution in [0.3, 0.4) is 0 Å². The van der Waals surface area contributed by atoms with E-state index in [1.165, 1.54) is 0 Å². The molecule has 0 N–H and O–H groups in total. The number of Topliss-reactive ketones (excluding diaryl/α,β-unsaturated/α-hetero) is 1. The number of carbonyl (C=O) groups is 2. The fourth-order valence-corrected chi connectivity index (χ4v) is 5.75. The monoisotopic (exact) mass is 527 g/mol. The van der Waals surface area contributed by atoms with Crippen LogP contribution in [0.15, 0.2) is 78.0 Å². The van der Waals surface area contributed by atoms with Crippen LogP contribution in [0.25, 0.3) is 0 Å². The number of nitrogens with zero attached hydrogens (tertiary/aromatic N) is 1. The summed E-state index contributed by atoms with van der Waals surface area (Å²) in [4.78, 5) is 29.6. The fraction of sp³-hybridized carbons (Fsp3) is 0.312. The van der Waals surface area contributed by atoms with Gasteiger partial charge in [-0.05, 0) is 55.2 Å². The van der Waals surface area contributed by atoms with Crippen molar-refractivity contribution in [3.63, 3.8) is 0 Å². The van der Waals surface area contributed by atoms with Crippen molar-refractivity contribution in [1.29, 1.82) is 0 Å². The first-order chi connectivity index (χ1) is 19.0. The van der Waals surface area contributed by atoms with E-state index in [2.05, 4.69) is 0 Å². The van der Waals surface area contributed by atoms with Crippen molar-refractivity contribution in [1.82, 2.24) is 0 Å². The molecule has 1 amide bonds. The maximum atomic E-state index is 14.0. The topological polar surface area (TPSA) is 74.3 Å². The molecule has 1 aliphatic carbocycles. The number of rotatable bonds is 8. The Balaban J connectivity index is 1.67. The minimum atomic E-state index is -0.467. The Morgan fingerprint density at radius 3 is 2.10 bits per heavy atom. The van der Waals surface area contributed by atoms with Crippen LogP contribution in [0.5, 0.6) is 23.0 Å². The Bertz CT molecular complexity index is 1400. The molecule has 202 valence electrons. The van der Waals surface area contributed by atoms with Gasteiger partial charge in [0.2, 0.25) is 5.91 Å². The van der Waals surface area contributed by atoms with Crippen molar-refractivity contribution in [3.05, 3.63) is 89.1 Å². The zero-order valence-corrected chi connectivity index (χ0v) is 22.7. The van der Waals surface area contributed by atoms with Gasteiger partial charge < -0.3 is 18.9 Å². The lowest BCUT2D eigenvalue weighted by Gasteiger charge is -2.41. The number of carbonyl (C=O) groups excluding carboxylic acids is 2. The molecule has 0 bridgehead atoms. The minimum Gasteiger partial charge on any atom is -0.496 e. The second-order valence-corrected chi connectivity index (χ2v) is 9.66. The summed E-state index contributed by atoms with van der Waals surface area (Å²) in [7, 11) is 4.70. The third-order valence-corrected chi connectivity index (χ3v) is 7.52. The molecule has 2 atom stereocenters. The molecule has 0 saturated heterocycles. The molecule has 3 aromatic carbocycles. The van der Waals surface area contributed by atoms with Crippen LogP contribution in [-0.2, 0) is 9.59 Å². The fourth-order valence-electron chi connectivity index (χ4n) is 5.75. The summed E-state index contributed by atoms with van der Waals surface area (Å²) in [6.07, 6.45) is 1.07. The van der Waals surface area contributed by atoms with Gasteiger partial charge in [0.1, 0.15) is 11.5 Å². The summed E-state index contributed by atoms with van der Waals surface area (Å²) in [6.45, 7) is 2.48. The molecular formula is C32H33NO6. The molecule has 1 aliphatic heterocycles. The largest absolute Gasteiger partial charge is 0.496 e. The molecule has 2 aliphatic rings. The van der Waals surface area contributed by atoms with Crippen molar-refractivity contribution < 1.29 is 28.5 Å². The summed E-state index contributed by atoms with van der Waals surface area (Å²) < 4.78 is 22.4. The average molecular weight is 528 g/mol. The molecule has 2 unspecified atom stereocenters. The number of ether oxygens (including phenoxy) is 4. The highest BCUT2D eigenvalue weighted by atomic mass is 16.5. The first-order valence-electron chi connectivity index (χ1n) is 13.2. The molecule has 3 aromatic rings. The van der Waals surface area contributed by atoms with Crippen molar-refractivity contribution in [3.8, 4) is 23.0 Å². The van der Waals surface area contributed by atoms with Crippen LogP contribution in [0.4, 0.5) is 5.69 Å². The molecule has 5 rings (SSSR count). The van der Waals surface area contributed by atoms with Gasteiger partial charge in [-0.2, -0.15) is 0 Å². The molecule has 1 heterocycles. The first kappa shape index (κ1) is 26.4. The number of ketones is 1. The lowest BCUT2D eigenvalue weighted by Crippen LogP contribution is -2.41. The third-order valence-electron chi connectivity index (χ3n) is 7.52. The number of methoxy groups -OCH3 is 3. The van der Waals surface area contributed by atoms with E-state index >= 15 is 0 Å². The standard InChI is InChI=1S/C32H33NO6/c1-5-39-23-13-11-22(12-14-23)33-26-15-21(20-9-7-6-8-10-20)16-27(34)32(26)25(18-31(33)35)24-17-29(37-3)30(38-4)19-28(24)36-2/h6-14,17,19,21,25H,5,15-16,18H2,1-4H3. The number of amides is 1. The molecule has 0 spiro atoms. The third kappa shape index (κ3) is 4.97. The lowest BCUT2D eigenvalue weighted by molar-refractivity contribution is -0.120. The highest BCUT2D eigenvalue weighted by molar-refractivity contribution is 6.08. The SMILES string of the molecule is CCOc1ccc(N2C(=O)CC(c3cc(OC)c(OC)cc3OC)C3=C2CC(c2ccccc2)CC3=O)cc1. The maximum absolute atomic E-state index is 14.0. The van der Waals surface area contributed by atoms with Gasteiger partial charge in [0, 0.05) is 47.3 Å². The highest BCUT2D eigenvalue weighted by Gasteiger charge is 2.43. The van der Waals surface area contributed by atoms with E-state index in [0.717, 1.165) is 28.3 Å². The van der Waals surface area contributed by atoms with Crippen LogP contribution in [0.2, 0.25) is 0 Å². The van der Waals surface area contributed by atoms with E-state index in [9.17, 15) is 9.59 Å². The predicted octanol–water partition coefficient (Wildman–Crippen LogP) is 6.03. The Hall–Kier alpha value is -4.26. The second-order valence-electron chi connectivity index (χ2n) is 9.66. The quantitative estimate of drug-likeness (QED) is 0.356. The van der Waals surface area contributed by atoms with Crippen molar-refractivity contribution >= 4 is 17.4 Å². The first-order valence-corrected chi connectivity index (χ1v) is 13.2. The second kappa shape index (κ2) is 11.2. The Kier molecular flexibility index (Phi) is 7.59. The van der Waals surface area contributed by atoms with Gasteiger partial charge in [0.15, 0.2) is 17.3 Å². The Morgan fingerprint density at radius 2 is 1.46 bits per heavy atom. The van der Waals surface area contributed by atoms with Crippen molar-refractivity contribution in [2.75, 3.05) is 32.8 Å². The van der Waals surface area contributed by atoms with Crippen LogP contribution in [0.1, 0.15) is 49.1 Å². The normalized spacial score (nSPS) is 19.0. The van der Waals surface area contributed by atoms with Gasteiger partial charge in [-0.25, -0.2) is 0 Å². The van der Waals surface area contributed by atoms with Gasteiger partial charge in [0.25, 0.3) is 0 Å². The minimum absolute atomic E-state index is 0.0264. The molecule has 0 saturated carbocycles. The van der Waals surface area contributed by atoms with E-state index < -0.39 is 5.92 Å². The number of benzene rings is 3. The number of hydrogen-bond donors (Lipinski definition) is 0. The molecule has 0 radical (unpaired) electrons. The molecule has 0 fully saturated rings. The smallest absolute Gasteiger partial charge is 0.232 e. The van der Waals surface area contributed by atoms with E-state index in [1.54, 1.807) is 32.3 Å². The van der Waals surface area contributed by atoms with Crippen LogP contribution < -0.4 is 23.8 Å². The zero-order valence-electron chi connectivity index (χ0n) is 22.7. The van der Waals surface area contributed by atoms with E-state index in [1.807, 2.05) is 67.6 Å². The van der Waals surface area contributed by atoms with Gasteiger partial charge in [-0.3, -0.25) is 14.5 Å². The van der Waals surface area contributed by atoms with E-state index in [4.69, 9.17) is 18.9 Å². The lowest BCUT2D eigenvalue weighted by atomic mass is 9.72. The van der Waals surface area contributed by atoms with Crippen LogP contribution in [-0.4, -0.2) is 39.6 Å². The van der Waals surface area contributed by atoms with Crippen molar-refractivity contribution in [2.24, 2.45) is 0 Å². The van der Waals surface area contributed by atoms with Crippen molar-refractivity contribution in [2.45, 2.75) is 38.0 Å². The number of allylic oxidation sites excluding steroid dienone is 2. The average Bonchev–Trinajstić information content (AvgIpc) is 2.97. The molecule has 39 heavy (non-hydrogen) atoms. The van der Waals surface area contributed by atoms with Gasteiger partial charge in [-0.15, -0.1) is 0 Å². The summed E-state index contributed by atoms with van der Waals surface area (Å²) in [5.41, 5.74) is 3.93. The predicted molar refractivity (Wildman–Crippen MR) is 149 cm³/mol. The molecule has 7 heteroatoms.